The van der Waals surface area contributed by atoms with Gasteiger partial charge in [0.25, 0.3) is 0 Å². The smallest absolute Gasteiger partial charge is 0.151 e. The van der Waals surface area contributed by atoms with Crippen LogP contribution < -0.4 is 11.3 Å². The highest BCUT2D eigenvalue weighted by Crippen LogP contribution is 2.36. The van der Waals surface area contributed by atoms with Crippen molar-refractivity contribution in [3.63, 3.8) is 0 Å². The van der Waals surface area contributed by atoms with E-state index in [1.807, 2.05) is 5.38 Å². The van der Waals surface area contributed by atoms with E-state index in [-0.39, 0.29) is 0 Å². The minimum absolute atomic E-state index is 0.706. The zero-order valence-corrected chi connectivity index (χ0v) is 7.73. The molecule has 1 aromatic rings. The molecule has 0 unspecified atom stereocenters. The van der Waals surface area contributed by atoms with Crippen LogP contribution in [0.2, 0.25) is 0 Å². The van der Waals surface area contributed by atoms with Gasteiger partial charge in [-0.15, -0.1) is 11.3 Å². The molecule has 0 saturated heterocycles. The summed E-state index contributed by atoms with van der Waals surface area (Å²) in [5.74, 6) is 6.77. The molecule has 3 N–H and O–H groups in total. The number of hydrazine groups is 1. The van der Waals surface area contributed by atoms with E-state index in [2.05, 4.69) is 10.4 Å². The number of nitrogen functional groups attached to an aromatic ring is 1. The number of nitrogens with one attached hydrogen (secondary N) is 1. The summed E-state index contributed by atoms with van der Waals surface area (Å²) in [4.78, 5) is 4.39. The molecule has 0 aliphatic heterocycles. The van der Waals surface area contributed by atoms with E-state index in [1.54, 1.807) is 11.3 Å². The van der Waals surface area contributed by atoms with Gasteiger partial charge in [-0.25, -0.2) is 10.8 Å². The molecule has 0 atom stereocenters. The third-order valence-electron chi connectivity index (χ3n) is 2.37. The van der Waals surface area contributed by atoms with Crippen LogP contribution in [0.25, 0.3) is 0 Å². The van der Waals surface area contributed by atoms with Crippen LogP contribution in [-0.4, -0.2) is 4.98 Å². The highest BCUT2D eigenvalue weighted by Gasteiger charge is 2.19. The summed E-state index contributed by atoms with van der Waals surface area (Å²) < 4.78 is 0. The van der Waals surface area contributed by atoms with Gasteiger partial charge in [-0.3, -0.25) is 0 Å². The van der Waals surface area contributed by atoms with Gasteiger partial charge < -0.3 is 5.43 Å². The lowest BCUT2D eigenvalue weighted by Gasteiger charge is -2.02. The number of hydrogen-bond acceptors (Lipinski definition) is 4. The Morgan fingerprint density at radius 1 is 1.50 bits per heavy atom. The van der Waals surface area contributed by atoms with Gasteiger partial charge in [-0.1, -0.05) is 12.8 Å². The van der Waals surface area contributed by atoms with Crippen LogP contribution in [0, 0.1) is 0 Å². The predicted molar refractivity (Wildman–Crippen MR) is 51.1 cm³/mol. The summed E-state index contributed by atoms with van der Waals surface area (Å²) in [6.07, 6.45) is 5.32. The number of nitrogens with zero attached hydrogens (tertiary/aromatic N) is 1. The van der Waals surface area contributed by atoms with Gasteiger partial charge in [0.15, 0.2) is 5.82 Å². The van der Waals surface area contributed by atoms with Gasteiger partial charge in [-0.2, -0.15) is 0 Å². The Hall–Kier alpha value is -0.610. The summed E-state index contributed by atoms with van der Waals surface area (Å²) in [5, 5.41) is 3.23. The Morgan fingerprint density at radius 2 is 2.25 bits per heavy atom. The first-order chi connectivity index (χ1) is 5.90. The fraction of sp³-hybridized carbons (Fsp3) is 0.625. The maximum atomic E-state index is 5.26. The monoisotopic (exact) mass is 183 g/mol. The Balaban J connectivity index is 2.11. The Bertz CT molecular complexity index is 253. The second-order valence-corrected chi connectivity index (χ2v) is 4.09. The molecule has 66 valence electrons. The molecule has 1 aliphatic rings. The minimum atomic E-state index is 0.706. The topological polar surface area (TPSA) is 50.9 Å². The quantitative estimate of drug-likeness (QED) is 0.545. The first kappa shape index (κ1) is 8.01. The molecule has 0 amide bonds. The van der Waals surface area contributed by atoms with Crippen LogP contribution in [0.15, 0.2) is 5.38 Å². The molecule has 1 heterocycles. The van der Waals surface area contributed by atoms with E-state index in [0.29, 0.717) is 5.92 Å². The van der Waals surface area contributed by atoms with Gasteiger partial charge in [0.2, 0.25) is 0 Å². The second kappa shape index (κ2) is 3.41. The molecule has 0 radical (unpaired) electrons. The van der Waals surface area contributed by atoms with Crippen molar-refractivity contribution in [3.05, 3.63) is 10.4 Å². The Morgan fingerprint density at radius 3 is 2.83 bits per heavy atom. The highest BCUT2D eigenvalue weighted by molar-refractivity contribution is 7.10. The summed E-state index contributed by atoms with van der Waals surface area (Å²) >= 11 is 1.72. The van der Waals surface area contributed by atoms with Crippen LogP contribution in [0.3, 0.4) is 0 Å². The summed E-state index contributed by atoms with van der Waals surface area (Å²) in [7, 11) is 0. The standard InChI is InChI=1S/C8H13N3S/c9-11-7-5-12-8(10-7)6-3-1-2-4-6/h5-6,11H,1-4,9H2. The molecule has 1 fully saturated rings. The molecular weight excluding hydrogens is 170 g/mol. The normalized spacial score (nSPS) is 18.4. The number of hydrogen-bond donors (Lipinski definition) is 2. The fourth-order valence-corrected chi connectivity index (χ4v) is 2.65. The zero-order chi connectivity index (χ0) is 8.39. The molecule has 1 aromatic heterocycles. The summed E-state index contributed by atoms with van der Waals surface area (Å²) in [6, 6.07) is 0. The third-order valence-corrected chi connectivity index (χ3v) is 3.38. The predicted octanol–water partition coefficient (Wildman–Crippen LogP) is 2.09. The van der Waals surface area contributed by atoms with Crippen LogP contribution in [0.1, 0.15) is 36.6 Å². The van der Waals surface area contributed by atoms with Crippen LogP contribution in [-0.2, 0) is 0 Å². The number of rotatable bonds is 2. The Kier molecular flexibility index (Phi) is 2.28. The van der Waals surface area contributed by atoms with Crippen molar-refractivity contribution in [2.45, 2.75) is 31.6 Å². The average Bonchev–Trinajstić information content (AvgIpc) is 2.75. The Labute approximate surface area is 76.0 Å². The molecule has 1 saturated carbocycles. The molecule has 0 spiro atoms. The lowest BCUT2D eigenvalue weighted by Crippen LogP contribution is -2.07. The average molecular weight is 183 g/mol. The first-order valence-electron chi connectivity index (χ1n) is 4.32. The highest BCUT2D eigenvalue weighted by atomic mass is 32.1. The van der Waals surface area contributed by atoms with Crippen molar-refractivity contribution >= 4 is 17.2 Å². The van der Waals surface area contributed by atoms with Gasteiger partial charge in [0, 0.05) is 11.3 Å². The van der Waals surface area contributed by atoms with Crippen LogP contribution in [0.4, 0.5) is 5.82 Å². The lowest BCUT2D eigenvalue weighted by atomic mass is 10.1. The zero-order valence-electron chi connectivity index (χ0n) is 6.92. The first-order valence-corrected chi connectivity index (χ1v) is 5.20. The van der Waals surface area contributed by atoms with Crippen molar-refractivity contribution in [2.24, 2.45) is 5.84 Å². The molecule has 3 nitrogen and oxygen atoms in total. The van der Waals surface area contributed by atoms with E-state index in [4.69, 9.17) is 5.84 Å². The number of thiazole rings is 1. The molecule has 0 aromatic carbocycles. The molecular formula is C8H13N3S. The van der Waals surface area contributed by atoms with E-state index >= 15 is 0 Å². The van der Waals surface area contributed by atoms with Gasteiger partial charge in [-0.05, 0) is 12.8 Å². The summed E-state index contributed by atoms with van der Waals surface area (Å²) in [6.45, 7) is 0. The van der Waals surface area contributed by atoms with Gasteiger partial charge in [0.1, 0.15) is 0 Å². The van der Waals surface area contributed by atoms with Gasteiger partial charge >= 0.3 is 0 Å². The molecule has 1 aliphatic carbocycles. The van der Waals surface area contributed by atoms with E-state index in [0.717, 1.165) is 5.82 Å². The fourth-order valence-electron chi connectivity index (χ4n) is 1.71. The number of aromatic nitrogens is 1. The second-order valence-electron chi connectivity index (χ2n) is 3.20. The molecule has 2 rings (SSSR count). The third kappa shape index (κ3) is 1.44. The number of nitrogens with two attached hydrogens (primary N) is 1. The molecule has 4 heteroatoms. The SMILES string of the molecule is NNc1csc(C2CCCC2)n1. The minimum Gasteiger partial charge on any atom is -0.308 e. The van der Waals surface area contributed by atoms with Crippen molar-refractivity contribution in [1.29, 1.82) is 0 Å². The largest absolute Gasteiger partial charge is 0.308 e. The van der Waals surface area contributed by atoms with Crippen LogP contribution >= 0.6 is 11.3 Å². The van der Waals surface area contributed by atoms with Crippen molar-refractivity contribution in [2.75, 3.05) is 5.43 Å². The van der Waals surface area contributed by atoms with E-state index < -0.39 is 0 Å². The van der Waals surface area contributed by atoms with Crippen LogP contribution in [0.5, 0.6) is 0 Å². The lowest BCUT2D eigenvalue weighted by molar-refractivity contribution is 0.717. The maximum Gasteiger partial charge on any atom is 0.151 e. The summed E-state index contributed by atoms with van der Waals surface area (Å²) in [5.41, 5.74) is 2.57. The van der Waals surface area contributed by atoms with E-state index in [1.165, 1.54) is 30.7 Å². The molecule has 12 heavy (non-hydrogen) atoms. The van der Waals surface area contributed by atoms with Crippen molar-refractivity contribution < 1.29 is 0 Å². The molecule has 0 bridgehead atoms. The van der Waals surface area contributed by atoms with Gasteiger partial charge in [0.05, 0.1) is 5.01 Å². The van der Waals surface area contributed by atoms with Crippen molar-refractivity contribution in [1.82, 2.24) is 4.98 Å². The van der Waals surface area contributed by atoms with Crippen molar-refractivity contribution in [3.8, 4) is 0 Å². The maximum absolute atomic E-state index is 5.26. The number of anilines is 1. The van der Waals surface area contributed by atoms with E-state index in [9.17, 15) is 0 Å².